The van der Waals surface area contributed by atoms with Gasteiger partial charge in [0.2, 0.25) is 5.91 Å². The van der Waals surface area contributed by atoms with Crippen LogP contribution in [0.2, 0.25) is 0 Å². The zero-order chi connectivity index (χ0) is 18.9. The predicted molar refractivity (Wildman–Crippen MR) is 104 cm³/mol. The van der Waals surface area contributed by atoms with E-state index in [0.717, 1.165) is 25.9 Å². The molecule has 0 fully saturated rings. The number of ether oxygens (including phenoxy) is 1. The van der Waals surface area contributed by atoms with E-state index in [2.05, 4.69) is 24.1 Å². The number of hydrogen-bond acceptors (Lipinski definition) is 5. The van der Waals surface area contributed by atoms with E-state index in [1.54, 1.807) is 31.4 Å². The van der Waals surface area contributed by atoms with E-state index in [-0.39, 0.29) is 18.2 Å². The molecule has 1 heterocycles. The second-order valence-corrected chi connectivity index (χ2v) is 6.74. The second kappa shape index (κ2) is 9.91. The molecule has 2 amide bonds. The molecule has 1 N–H and O–H groups in total. The number of aromatic nitrogens is 1. The highest BCUT2D eigenvalue weighted by Gasteiger charge is 2.15. The molecule has 0 aliphatic carbocycles. The molecule has 0 atom stereocenters. The Balaban J connectivity index is 1.95. The lowest BCUT2D eigenvalue weighted by Gasteiger charge is -2.20. The summed E-state index contributed by atoms with van der Waals surface area (Å²) in [4.78, 5) is 30.9. The molecule has 0 bridgehead atoms. The van der Waals surface area contributed by atoms with Gasteiger partial charge >= 0.3 is 0 Å². The smallest absolute Gasteiger partial charge is 0.257 e. The molecular formula is C19H25N3O3S. The summed E-state index contributed by atoms with van der Waals surface area (Å²) in [7, 11) is 1.58. The van der Waals surface area contributed by atoms with Crippen molar-refractivity contribution >= 4 is 28.3 Å². The average Bonchev–Trinajstić information content (AvgIpc) is 3.08. The van der Waals surface area contributed by atoms with E-state index in [1.807, 2.05) is 10.3 Å². The van der Waals surface area contributed by atoms with Crippen molar-refractivity contribution < 1.29 is 14.3 Å². The Morgan fingerprint density at radius 1 is 1.15 bits per heavy atom. The van der Waals surface area contributed by atoms with Gasteiger partial charge in [0.05, 0.1) is 19.2 Å². The van der Waals surface area contributed by atoms with E-state index in [9.17, 15) is 9.59 Å². The molecule has 6 nitrogen and oxygen atoms in total. The summed E-state index contributed by atoms with van der Waals surface area (Å²) in [6.45, 7) is 5.65. The molecule has 1 aromatic carbocycles. The van der Waals surface area contributed by atoms with Crippen LogP contribution in [0.1, 0.15) is 42.7 Å². The number of hydrogen-bond donors (Lipinski definition) is 1. The number of carbonyl (C=O) groups excluding carboxylic acids is 2. The monoisotopic (exact) mass is 375 g/mol. The van der Waals surface area contributed by atoms with Crippen molar-refractivity contribution in [3.63, 3.8) is 0 Å². The third-order valence-electron chi connectivity index (χ3n) is 3.80. The maximum Gasteiger partial charge on any atom is 0.257 e. The zero-order valence-corrected chi connectivity index (χ0v) is 16.3. The van der Waals surface area contributed by atoms with Crippen LogP contribution >= 0.6 is 11.3 Å². The molecule has 2 rings (SSSR count). The van der Waals surface area contributed by atoms with Crippen LogP contribution in [-0.2, 0) is 11.2 Å². The van der Waals surface area contributed by atoms with E-state index < -0.39 is 0 Å². The Labute approximate surface area is 158 Å². The highest BCUT2D eigenvalue weighted by molar-refractivity contribution is 7.14. The average molecular weight is 375 g/mol. The number of anilines is 1. The number of nitrogens with one attached hydrogen (secondary N) is 1. The number of carbonyl (C=O) groups is 2. The van der Waals surface area contributed by atoms with Crippen LogP contribution in [-0.4, -0.2) is 41.9 Å². The topological polar surface area (TPSA) is 71.5 Å². The molecule has 0 radical (unpaired) electrons. The van der Waals surface area contributed by atoms with Crippen molar-refractivity contribution in [3.05, 3.63) is 40.9 Å². The first-order valence-corrected chi connectivity index (χ1v) is 9.62. The van der Waals surface area contributed by atoms with Gasteiger partial charge in [0.15, 0.2) is 5.13 Å². The molecule has 0 spiro atoms. The van der Waals surface area contributed by atoms with Gasteiger partial charge in [-0.3, -0.25) is 14.9 Å². The van der Waals surface area contributed by atoms with Crippen molar-refractivity contribution in [3.8, 4) is 5.75 Å². The van der Waals surface area contributed by atoms with Crippen molar-refractivity contribution in [1.82, 2.24) is 9.88 Å². The fourth-order valence-electron chi connectivity index (χ4n) is 2.53. The third kappa shape index (κ3) is 5.56. The van der Waals surface area contributed by atoms with E-state index in [4.69, 9.17) is 4.74 Å². The maximum atomic E-state index is 12.4. The minimum atomic E-state index is -0.238. The Kier molecular flexibility index (Phi) is 7.59. The van der Waals surface area contributed by atoms with Crippen LogP contribution in [0.3, 0.4) is 0 Å². The van der Waals surface area contributed by atoms with Crippen LogP contribution in [0.25, 0.3) is 0 Å². The molecule has 0 saturated heterocycles. The first-order valence-electron chi connectivity index (χ1n) is 8.75. The fraction of sp³-hybridized carbons (Fsp3) is 0.421. The third-order valence-corrected chi connectivity index (χ3v) is 4.60. The fourth-order valence-corrected chi connectivity index (χ4v) is 3.23. The standard InChI is InChI=1S/C19H25N3O3S/c1-4-10-22(11-5-2)17(23)12-15-13-26-19(20-15)21-18(24)14-6-8-16(25-3)9-7-14/h6-9,13H,4-5,10-12H2,1-3H3,(H,20,21,24). The van der Waals surface area contributed by atoms with Gasteiger partial charge in [-0.25, -0.2) is 4.98 Å². The number of thiazole rings is 1. The largest absolute Gasteiger partial charge is 0.497 e. The van der Waals surface area contributed by atoms with Gasteiger partial charge < -0.3 is 9.64 Å². The summed E-state index contributed by atoms with van der Waals surface area (Å²) in [5.74, 6) is 0.533. The Morgan fingerprint density at radius 3 is 2.38 bits per heavy atom. The Morgan fingerprint density at radius 2 is 1.81 bits per heavy atom. The predicted octanol–water partition coefficient (Wildman–Crippen LogP) is 3.60. The molecule has 1 aromatic heterocycles. The molecule has 2 aromatic rings. The van der Waals surface area contributed by atoms with Gasteiger partial charge in [-0.15, -0.1) is 11.3 Å². The number of rotatable bonds is 9. The van der Waals surface area contributed by atoms with Crippen molar-refractivity contribution in [2.45, 2.75) is 33.1 Å². The van der Waals surface area contributed by atoms with E-state index in [0.29, 0.717) is 22.1 Å². The molecule has 26 heavy (non-hydrogen) atoms. The van der Waals surface area contributed by atoms with E-state index >= 15 is 0 Å². The molecule has 7 heteroatoms. The molecule has 0 saturated carbocycles. The molecule has 0 aliphatic rings. The number of methoxy groups -OCH3 is 1. The summed E-state index contributed by atoms with van der Waals surface area (Å²) < 4.78 is 5.08. The first-order chi connectivity index (χ1) is 12.6. The van der Waals surface area contributed by atoms with Gasteiger partial charge in [0.25, 0.3) is 5.91 Å². The molecular weight excluding hydrogens is 350 g/mol. The minimum absolute atomic E-state index is 0.0760. The summed E-state index contributed by atoms with van der Waals surface area (Å²) in [5, 5.41) is 5.08. The van der Waals surface area contributed by atoms with E-state index in [1.165, 1.54) is 11.3 Å². The summed E-state index contributed by atoms with van der Waals surface area (Å²) in [6.07, 6.45) is 2.13. The second-order valence-electron chi connectivity index (χ2n) is 5.88. The van der Waals surface area contributed by atoms with Crippen LogP contribution in [0, 0.1) is 0 Å². The van der Waals surface area contributed by atoms with Gasteiger partial charge in [-0.1, -0.05) is 13.8 Å². The van der Waals surface area contributed by atoms with Crippen LogP contribution < -0.4 is 10.1 Å². The Bertz CT molecular complexity index is 722. The molecule has 0 unspecified atom stereocenters. The van der Waals surface area contributed by atoms with Crippen molar-refractivity contribution in [2.24, 2.45) is 0 Å². The number of amides is 2. The van der Waals surface area contributed by atoms with Crippen molar-refractivity contribution in [2.75, 3.05) is 25.5 Å². The number of nitrogens with zero attached hydrogens (tertiary/aromatic N) is 2. The highest BCUT2D eigenvalue weighted by Crippen LogP contribution is 2.18. The first kappa shape index (κ1) is 19.9. The SMILES string of the molecule is CCCN(CCC)C(=O)Cc1csc(NC(=O)c2ccc(OC)cc2)n1. The minimum Gasteiger partial charge on any atom is -0.497 e. The van der Waals surface area contributed by atoms with Crippen LogP contribution in [0.15, 0.2) is 29.6 Å². The van der Waals surface area contributed by atoms with Gasteiger partial charge in [-0.05, 0) is 37.1 Å². The summed E-state index contributed by atoms with van der Waals surface area (Å²) in [6, 6.07) is 6.85. The highest BCUT2D eigenvalue weighted by atomic mass is 32.1. The summed E-state index contributed by atoms with van der Waals surface area (Å²) in [5.41, 5.74) is 1.21. The molecule has 140 valence electrons. The normalized spacial score (nSPS) is 10.4. The lowest BCUT2D eigenvalue weighted by Crippen LogP contribution is -2.33. The zero-order valence-electron chi connectivity index (χ0n) is 15.4. The van der Waals surface area contributed by atoms with Gasteiger partial charge in [-0.2, -0.15) is 0 Å². The molecule has 0 aliphatic heterocycles. The van der Waals surface area contributed by atoms with Crippen molar-refractivity contribution in [1.29, 1.82) is 0 Å². The maximum absolute atomic E-state index is 12.4. The van der Waals surface area contributed by atoms with Gasteiger partial charge in [0.1, 0.15) is 5.75 Å². The van der Waals surface area contributed by atoms with Crippen LogP contribution in [0.4, 0.5) is 5.13 Å². The van der Waals surface area contributed by atoms with Gasteiger partial charge in [0, 0.05) is 24.0 Å². The Hall–Kier alpha value is -2.41. The lowest BCUT2D eigenvalue weighted by molar-refractivity contribution is -0.130. The summed E-state index contributed by atoms with van der Waals surface area (Å²) >= 11 is 1.32. The quantitative estimate of drug-likeness (QED) is 0.727. The van der Waals surface area contributed by atoms with Crippen LogP contribution in [0.5, 0.6) is 5.75 Å². The lowest BCUT2D eigenvalue weighted by atomic mass is 10.2. The number of benzene rings is 1.